The van der Waals surface area contributed by atoms with Gasteiger partial charge >= 0.3 is 0 Å². The van der Waals surface area contributed by atoms with Crippen LogP contribution in [-0.4, -0.2) is 25.7 Å². The molecule has 1 aliphatic rings. The number of nitrogens with zero attached hydrogens (tertiary/aromatic N) is 1. The lowest BCUT2D eigenvalue weighted by Gasteiger charge is -2.24. The Bertz CT molecular complexity index is 368. The van der Waals surface area contributed by atoms with Crippen molar-refractivity contribution in [1.29, 1.82) is 0 Å². The summed E-state index contributed by atoms with van der Waals surface area (Å²) in [4.78, 5) is 2.09. The molecule has 1 aromatic rings. The van der Waals surface area contributed by atoms with Gasteiger partial charge in [-0.15, -0.1) is 0 Å². The van der Waals surface area contributed by atoms with Crippen molar-refractivity contribution in [3.63, 3.8) is 0 Å². The van der Waals surface area contributed by atoms with Crippen molar-refractivity contribution < 1.29 is 8.78 Å². The summed E-state index contributed by atoms with van der Waals surface area (Å²) in [5.41, 5.74) is 0.759. The van der Waals surface area contributed by atoms with Gasteiger partial charge in [-0.25, -0.2) is 8.78 Å². The standard InChI is InChI=1S/C12H16F2N2/c1-9-8-16(6-2-5-15-9)10-3-4-11(13)12(14)7-10/h3-4,7,9,15H,2,5-6,8H2,1H3. The van der Waals surface area contributed by atoms with Gasteiger partial charge in [-0.05, 0) is 32.0 Å². The second-order valence-electron chi connectivity index (χ2n) is 4.25. The van der Waals surface area contributed by atoms with Crippen molar-refractivity contribution in [2.45, 2.75) is 19.4 Å². The van der Waals surface area contributed by atoms with E-state index in [4.69, 9.17) is 0 Å². The molecule has 0 saturated carbocycles. The van der Waals surface area contributed by atoms with Crippen LogP contribution in [0.15, 0.2) is 18.2 Å². The van der Waals surface area contributed by atoms with Gasteiger partial charge in [0.2, 0.25) is 0 Å². The van der Waals surface area contributed by atoms with E-state index in [1.54, 1.807) is 6.07 Å². The Morgan fingerprint density at radius 3 is 2.88 bits per heavy atom. The lowest BCUT2D eigenvalue weighted by Crippen LogP contribution is -2.35. The molecule has 0 aromatic heterocycles. The zero-order chi connectivity index (χ0) is 11.5. The fourth-order valence-corrected chi connectivity index (χ4v) is 2.02. The van der Waals surface area contributed by atoms with Crippen LogP contribution < -0.4 is 10.2 Å². The molecule has 1 heterocycles. The fraction of sp³-hybridized carbons (Fsp3) is 0.500. The van der Waals surface area contributed by atoms with Gasteiger partial charge in [0.25, 0.3) is 0 Å². The summed E-state index contributed by atoms with van der Waals surface area (Å²) in [7, 11) is 0. The predicted molar refractivity (Wildman–Crippen MR) is 60.7 cm³/mol. The van der Waals surface area contributed by atoms with Gasteiger partial charge in [-0.3, -0.25) is 0 Å². The lowest BCUT2D eigenvalue weighted by atomic mass is 10.2. The molecule has 0 radical (unpaired) electrons. The van der Waals surface area contributed by atoms with E-state index >= 15 is 0 Å². The summed E-state index contributed by atoms with van der Waals surface area (Å²) in [5, 5.41) is 3.36. The van der Waals surface area contributed by atoms with Crippen LogP contribution in [0.5, 0.6) is 0 Å². The summed E-state index contributed by atoms with van der Waals surface area (Å²) in [6.45, 7) is 4.77. The van der Waals surface area contributed by atoms with E-state index in [0.29, 0.717) is 6.04 Å². The average Bonchev–Trinajstić information content (AvgIpc) is 2.47. The third kappa shape index (κ3) is 2.50. The van der Waals surface area contributed by atoms with E-state index in [9.17, 15) is 8.78 Å². The minimum Gasteiger partial charge on any atom is -0.370 e. The van der Waals surface area contributed by atoms with Gasteiger partial charge in [0.05, 0.1) is 0 Å². The van der Waals surface area contributed by atoms with Crippen LogP contribution in [0, 0.1) is 11.6 Å². The van der Waals surface area contributed by atoms with E-state index in [2.05, 4.69) is 17.1 Å². The van der Waals surface area contributed by atoms with Gasteiger partial charge in [0, 0.05) is 30.9 Å². The molecule has 1 atom stereocenters. The molecular weight excluding hydrogens is 210 g/mol. The van der Waals surface area contributed by atoms with E-state index < -0.39 is 11.6 Å². The van der Waals surface area contributed by atoms with Crippen LogP contribution in [0.4, 0.5) is 14.5 Å². The van der Waals surface area contributed by atoms with Crippen molar-refractivity contribution in [2.24, 2.45) is 0 Å². The molecule has 1 saturated heterocycles. The Labute approximate surface area is 94.3 Å². The van der Waals surface area contributed by atoms with E-state index in [-0.39, 0.29) is 0 Å². The molecular formula is C12H16F2N2. The molecule has 2 rings (SSSR count). The monoisotopic (exact) mass is 226 g/mol. The zero-order valence-electron chi connectivity index (χ0n) is 9.34. The first-order valence-electron chi connectivity index (χ1n) is 5.60. The molecule has 2 nitrogen and oxygen atoms in total. The fourth-order valence-electron chi connectivity index (χ4n) is 2.02. The molecule has 0 aliphatic carbocycles. The first-order chi connectivity index (χ1) is 7.66. The van der Waals surface area contributed by atoms with Crippen LogP contribution >= 0.6 is 0 Å². The van der Waals surface area contributed by atoms with E-state index in [1.807, 2.05) is 0 Å². The SMILES string of the molecule is CC1CN(c2ccc(F)c(F)c2)CCCN1. The minimum atomic E-state index is -0.787. The van der Waals surface area contributed by atoms with Crippen molar-refractivity contribution in [2.75, 3.05) is 24.5 Å². The van der Waals surface area contributed by atoms with Crippen LogP contribution in [0.25, 0.3) is 0 Å². The number of halogens is 2. The number of hydrogen-bond acceptors (Lipinski definition) is 2. The highest BCUT2D eigenvalue weighted by Crippen LogP contribution is 2.19. The van der Waals surface area contributed by atoms with Crippen LogP contribution in [0.1, 0.15) is 13.3 Å². The molecule has 1 N–H and O–H groups in total. The molecule has 16 heavy (non-hydrogen) atoms. The summed E-state index contributed by atoms with van der Waals surface area (Å²) in [6.07, 6.45) is 1.02. The van der Waals surface area contributed by atoms with Gasteiger partial charge in [0.15, 0.2) is 11.6 Å². The minimum absolute atomic E-state index is 0.371. The van der Waals surface area contributed by atoms with Gasteiger partial charge in [-0.1, -0.05) is 0 Å². The Morgan fingerprint density at radius 1 is 1.31 bits per heavy atom. The number of nitrogens with one attached hydrogen (secondary N) is 1. The molecule has 1 fully saturated rings. The Hall–Kier alpha value is -1.16. The quantitative estimate of drug-likeness (QED) is 0.789. The van der Waals surface area contributed by atoms with Gasteiger partial charge in [0.1, 0.15) is 0 Å². The van der Waals surface area contributed by atoms with E-state index in [0.717, 1.165) is 31.7 Å². The van der Waals surface area contributed by atoms with Crippen LogP contribution in [-0.2, 0) is 0 Å². The second kappa shape index (κ2) is 4.78. The van der Waals surface area contributed by atoms with E-state index in [1.165, 1.54) is 12.1 Å². The topological polar surface area (TPSA) is 15.3 Å². The molecule has 1 aliphatic heterocycles. The third-order valence-electron chi connectivity index (χ3n) is 2.86. The van der Waals surface area contributed by atoms with Crippen LogP contribution in [0.3, 0.4) is 0 Å². The highest BCUT2D eigenvalue weighted by molar-refractivity contribution is 5.47. The summed E-state index contributed by atoms with van der Waals surface area (Å²) < 4.78 is 25.9. The van der Waals surface area contributed by atoms with Crippen LogP contribution in [0.2, 0.25) is 0 Å². The molecule has 1 unspecified atom stereocenters. The molecule has 0 spiro atoms. The first-order valence-corrected chi connectivity index (χ1v) is 5.60. The van der Waals surface area contributed by atoms with Gasteiger partial charge in [-0.2, -0.15) is 0 Å². The number of anilines is 1. The number of rotatable bonds is 1. The van der Waals surface area contributed by atoms with Crippen molar-refractivity contribution >= 4 is 5.69 Å². The maximum Gasteiger partial charge on any atom is 0.160 e. The summed E-state index contributed by atoms with van der Waals surface area (Å²) >= 11 is 0. The van der Waals surface area contributed by atoms with Crippen molar-refractivity contribution in [3.8, 4) is 0 Å². The van der Waals surface area contributed by atoms with Gasteiger partial charge < -0.3 is 10.2 Å². The maximum atomic E-state index is 13.1. The molecule has 1 aromatic carbocycles. The average molecular weight is 226 g/mol. The highest BCUT2D eigenvalue weighted by atomic mass is 19.2. The largest absolute Gasteiger partial charge is 0.370 e. The smallest absolute Gasteiger partial charge is 0.160 e. The molecule has 0 amide bonds. The van der Waals surface area contributed by atoms with Crippen molar-refractivity contribution in [3.05, 3.63) is 29.8 Å². The zero-order valence-corrected chi connectivity index (χ0v) is 9.34. The second-order valence-corrected chi connectivity index (χ2v) is 4.25. The first kappa shape index (κ1) is 11.3. The molecule has 4 heteroatoms. The Balaban J connectivity index is 2.18. The molecule has 0 bridgehead atoms. The third-order valence-corrected chi connectivity index (χ3v) is 2.86. The number of hydrogen-bond donors (Lipinski definition) is 1. The lowest BCUT2D eigenvalue weighted by molar-refractivity contribution is 0.508. The Kier molecular flexibility index (Phi) is 3.39. The summed E-state index contributed by atoms with van der Waals surface area (Å²) in [5.74, 6) is -1.56. The summed E-state index contributed by atoms with van der Waals surface area (Å²) in [6, 6.07) is 4.47. The normalized spacial score (nSPS) is 21.9. The number of benzene rings is 1. The Morgan fingerprint density at radius 2 is 2.12 bits per heavy atom. The maximum absolute atomic E-state index is 13.1. The highest BCUT2D eigenvalue weighted by Gasteiger charge is 2.15. The van der Waals surface area contributed by atoms with Crippen molar-refractivity contribution in [1.82, 2.24) is 5.32 Å². The predicted octanol–water partition coefficient (Wildman–Crippen LogP) is 2.15. The molecule has 88 valence electrons.